The Labute approximate surface area is 94.7 Å². The third-order valence-corrected chi connectivity index (χ3v) is 3.24. The predicted molar refractivity (Wildman–Crippen MR) is 68.0 cm³/mol. The lowest BCUT2D eigenvalue weighted by Crippen LogP contribution is -2.08. The van der Waals surface area contributed by atoms with Gasteiger partial charge in [0.1, 0.15) is 0 Å². The summed E-state index contributed by atoms with van der Waals surface area (Å²) in [5.41, 5.74) is 1.32. The fourth-order valence-corrected chi connectivity index (χ4v) is 1.96. The van der Waals surface area contributed by atoms with Gasteiger partial charge in [-0.05, 0) is 18.8 Å². The van der Waals surface area contributed by atoms with Gasteiger partial charge in [0.15, 0.2) is 0 Å². The lowest BCUT2D eigenvalue weighted by molar-refractivity contribution is 0.308. The number of aryl methyl sites for hydroxylation is 1. The first-order valence-electron chi connectivity index (χ1n) is 6.20. The van der Waals surface area contributed by atoms with Gasteiger partial charge in [0.2, 0.25) is 0 Å². The van der Waals surface area contributed by atoms with E-state index in [1.165, 1.54) is 31.2 Å². The molecule has 2 rings (SSSR count). The summed E-state index contributed by atoms with van der Waals surface area (Å²) in [7, 11) is 0. The Morgan fingerprint density at radius 2 is 1.20 bits per heavy atom. The quantitative estimate of drug-likeness (QED) is 0.568. The highest BCUT2D eigenvalue weighted by Crippen LogP contribution is 2.27. The van der Waals surface area contributed by atoms with Crippen molar-refractivity contribution in [2.75, 3.05) is 0 Å². The molecule has 0 amide bonds. The summed E-state index contributed by atoms with van der Waals surface area (Å²) in [6, 6.07) is 10.3. The highest BCUT2D eigenvalue weighted by Gasteiger charge is 2.13. The average molecular weight is 204 g/mol. The van der Waals surface area contributed by atoms with E-state index < -0.39 is 0 Å². The maximum Gasteiger partial charge on any atom is -0.0398 e. The third-order valence-electron chi connectivity index (χ3n) is 3.24. The normalized spacial score (nSPS) is 25.3. The first kappa shape index (κ1) is 12.3. The van der Waals surface area contributed by atoms with Gasteiger partial charge in [-0.15, -0.1) is 0 Å². The Kier molecular flexibility index (Phi) is 5.45. The standard InChI is InChI=1S/C8H16.C7H8/c1-7-3-5-8(2)6-4-7;1-7-5-3-2-4-6-7/h7-8H,3-6H2,1-2H3;2-6H,1H3. The molecule has 1 aromatic rings. The van der Waals surface area contributed by atoms with Crippen molar-refractivity contribution < 1.29 is 0 Å². The summed E-state index contributed by atoms with van der Waals surface area (Å²) >= 11 is 0. The van der Waals surface area contributed by atoms with Gasteiger partial charge in [-0.1, -0.05) is 75.4 Å². The second kappa shape index (κ2) is 6.66. The third kappa shape index (κ3) is 5.61. The van der Waals surface area contributed by atoms with Crippen LogP contribution in [0.2, 0.25) is 0 Å². The molecule has 0 aliphatic heterocycles. The van der Waals surface area contributed by atoms with E-state index in [9.17, 15) is 0 Å². The fourth-order valence-electron chi connectivity index (χ4n) is 1.96. The van der Waals surface area contributed by atoms with E-state index >= 15 is 0 Å². The monoisotopic (exact) mass is 204 g/mol. The maximum atomic E-state index is 2.37. The van der Waals surface area contributed by atoms with Crippen molar-refractivity contribution >= 4 is 0 Å². The van der Waals surface area contributed by atoms with Crippen LogP contribution in [0, 0.1) is 18.8 Å². The van der Waals surface area contributed by atoms with Crippen LogP contribution in [-0.2, 0) is 0 Å². The van der Waals surface area contributed by atoms with Crippen molar-refractivity contribution in [2.24, 2.45) is 11.8 Å². The van der Waals surface area contributed by atoms with Crippen molar-refractivity contribution in [1.29, 1.82) is 0 Å². The first-order chi connectivity index (χ1) is 7.18. The van der Waals surface area contributed by atoms with Gasteiger partial charge < -0.3 is 0 Å². The second-order valence-corrected chi connectivity index (χ2v) is 5.02. The van der Waals surface area contributed by atoms with Gasteiger partial charge >= 0.3 is 0 Å². The van der Waals surface area contributed by atoms with Crippen LogP contribution in [0.3, 0.4) is 0 Å². The van der Waals surface area contributed by atoms with Crippen LogP contribution in [0.4, 0.5) is 0 Å². The van der Waals surface area contributed by atoms with Gasteiger partial charge in [0.05, 0.1) is 0 Å². The Balaban J connectivity index is 0.000000151. The lowest BCUT2D eigenvalue weighted by Gasteiger charge is -2.22. The molecule has 0 radical (unpaired) electrons. The first-order valence-corrected chi connectivity index (χ1v) is 6.20. The molecule has 1 fully saturated rings. The second-order valence-electron chi connectivity index (χ2n) is 5.02. The molecule has 15 heavy (non-hydrogen) atoms. The largest absolute Gasteiger partial charge is 0.0625 e. The van der Waals surface area contributed by atoms with E-state index in [-0.39, 0.29) is 0 Å². The zero-order chi connectivity index (χ0) is 11.1. The van der Waals surface area contributed by atoms with Gasteiger partial charge in [-0.3, -0.25) is 0 Å². The smallest absolute Gasteiger partial charge is 0.0398 e. The molecular formula is C15H24. The number of hydrogen-bond acceptors (Lipinski definition) is 0. The SMILES string of the molecule is CC1CCC(C)CC1.Cc1ccccc1. The summed E-state index contributed by atoms with van der Waals surface area (Å²) in [6.45, 7) is 6.82. The molecule has 1 aromatic carbocycles. The maximum absolute atomic E-state index is 2.37. The minimum atomic E-state index is 1.02. The molecule has 0 N–H and O–H groups in total. The molecule has 0 heterocycles. The molecule has 0 unspecified atom stereocenters. The van der Waals surface area contributed by atoms with E-state index in [1.54, 1.807) is 0 Å². The molecule has 0 spiro atoms. The predicted octanol–water partition coefficient (Wildman–Crippen LogP) is 4.83. The van der Waals surface area contributed by atoms with Crippen LogP contribution in [0.25, 0.3) is 0 Å². The van der Waals surface area contributed by atoms with E-state index in [0.717, 1.165) is 11.8 Å². The summed E-state index contributed by atoms with van der Waals surface area (Å²) in [5.74, 6) is 2.04. The van der Waals surface area contributed by atoms with Crippen molar-refractivity contribution in [2.45, 2.75) is 46.5 Å². The number of benzene rings is 1. The molecule has 84 valence electrons. The Morgan fingerprint density at radius 1 is 0.800 bits per heavy atom. The topological polar surface area (TPSA) is 0 Å². The molecule has 1 aliphatic rings. The van der Waals surface area contributed by atoms with Crippen molar-refractivity contribution in [3.63, 3.8) is 0 Å². The fraction of sp³-hybridized carbons (Fsp3) is 0.600. The molecule has 0 bridgehead atoms. The summed E-state index contributed by atoms with van der Waals surface area (Å²) in [5, 5.41) is 0. The van der Waals surface area contributed by atoms with Crippen LogP contribution >= 0.6 is 0 Å². The van der Waals surface area contributed by atoms with Crippen LogP contribution in [0.1, 0.15) is 45.1 Å². The molecule has 0 aromatic heterocycles. The van der Waals surface area contributed by atoms with E-state index in [1.807, 2.05) is 18.2 Å². The van der Waals surface area contributed by atoms with Crippen LogP contribution < -0.4 is 0 Å². The minimum absolute atomic E-state index is 1.02. The molecule has 0 atom stereocenters. The summed E-state index contributed by atoms with van der Waals surface area (Å²) in [6.07, 6.45) is 5.89. The van der Waals surface area contributed by atoms with Gasteiger partial charge in [0, 0.05) is 0 Å². The van der Waals surface area contributed by atoms with Crippen molar-refractivity contribution in [1.82, 2.24) is 0 Å². The van der Waals surface area contributed by atoms with Crippen molar-refractivity contribution in [3.05, 3.63) is 35.9 Å². The van der Waals surface area contributed by atoms with Gasteiger partial charge in [-0.25, -0.2) is 0 Å². The van der Waals surface area contributed by atoms with Crippen LogP contribution in [0.15, 0.2) is 30.3 Å². The Hall–Kier alpha value is -0.780. The van der Waals surface area contributed by atoms with Gasteiger partial charge in [-0.2, -0.15) is 0 Å². The Bertz CT molecular complexity index is 232. The zero-order valence-corrected chi connectivity index (χ0v) is 10.4. The highest BCUT2D eigenvalue weighted by atomic mass is 14.2. The zero-order valence-electron chi connectivity index (χ0n) is 10.4. The van der Waals surface area contributed by atoms with Gasteiger partial charge in [0.25, 0.3) is 0 Å². The van der Waals surface area contributed by atoms with E-state index in [0.29, 0.717) is 0 Å². The summed E-state index contributed by atoms with van der Waals surface area (Å²) < 4.78 is 0. The average Bonchev–Trinajstić information content (AvgIpc) is 2.25. The van der Waals surface area contributed by atoms with Crippen LogP contribution in [-0.4, -0.2) is 0 Å². The molecule has 0 nitrogen and oxygen atoms in total. The van der Waals surface area contributed by atoms with Crippen molar-refractivity contribution in [3.8, 4) is 0 Å². The lowest BCUT2D eigenvalue weighted by atomic mass is 9.84. The molecule has 1 saturated carbocycles. The minimum Gasteiger partial charge on any atom is -0.0625 e. The summed E-state index contributed by atoms with van der Waals surface area (Å²) in [4.78, 5) is 0. The molecule has 0 heteroatoms. The Morgan fingerprint density at radius 3 is 1.47 bits per heavy atom. The molecular weight excluding hydrogens is 180 g/mol. The van der Waals surface area contributed by atoms with Crippen LogP contribution in [0.5, 0.6) is 0 Å². The number of rotatable bonds is 0. The van der Waals surface area contributed by atoms with E-state index in [2.05, 4.69) is 32.9 Å². The van der Waals surface area contributed by atoms with E-state index in [4.69, 9.17) is 0 Å². The molecule has 0 saturated heterocycles. The molecule has 1 aliphatic carbocycles. The highest BCUT2D eigenvalue weighted by molar-refractivity contribution is 5.11. The number of hydrogen-bond donors (Lipinski definition) is 0.